The van der Waals surface area contributed by atoms with E-state index in [4.69, 9.17) is 9.52 Å². The van der Waals surface area contributed by atoms with E-state index in [1.165, 1.54) is 12.3 Å². The van der Waals surface area contributed by atoms with Gasteiger partial charge in [-0.3, -0.25) is 9.59 Å². The number of carbonyl (C=O) groups excluding carboxylic acids is 1. The predicted octanol–water partition coefficient (Wildman–Crippen LogP) is 1.53. The van der Waals surface area contributed by atoms with Gasteiger partial charge in [-0.15, -0.1) is 0 Å². The van der Waals surface area contributed by atoms with Gasteiger partial charge < -0.3 is 19.8 Å². The molecule has 21 heavy (non-hydrogen) atoms. The monoisotopic (exact) mass is 290 g/mol. The van der Waals surface area contributed by atoms with Crippen LogP contribution in [0.15, 0.2) is 39.7 Å². The van der Waals surface area contributed by atoms with E-state index in [-0.39, 0.29) is 18.2 Å². The van der Waals surface area contributed by atoms with Crippen molar-refractivity contribution in [1.82, 2.24) is 10.3 Å². The van der Waals surface area contributed by atoms with E-state index in [1.54, 1.807) is 18.2 Å². The number of furan rings is 1. The van der Waals surface area contributed by atoms with Gasteiger partial charge in [0.1, 0.15) is 11.3 Å². The predicted molar refractivity (Wildman–Crippen MR) is 78.0 cm³/mol. The Balaban J connectivity index is 2.17. The number of nitrogens with one attached hydrogen (secondary N) is 2. The van der Waals surface area contributed by atoms with Crippen molar-refractivity contribution in [3.8, 4) is 11.5 Å². The molecule has 1 unspecified atom stereocenters. The molecular formula is C15H18N2O4. The van der Waals surface area contributed by atoms with Crippen LogP contribution in [0.5, 0.6) is 0 Å². The Bertz CT molecular complexity index is 646. The average molecular weight is 290 g/mol. The van der Waals surface area contributed by atoms with Gasteiger partial charge in [0.25, 0.3) is 11.5 Å². The number of aliphatic hydroxyl groups excluding tert-OH is 1. The summed E-state index contributed by atoms with van der Waals surface area (Å²) in [6.45, 7) is 1.90. The summed E-state index contributed by atoms with van der Waals surface area (Å²) in [5.41, 5.74) is 0.0888. The molecule has 2 heterocycles. The molecule has 1 amide bonds. The summed E-state index contributed by atoms with van der Waals surface area (Å²) < 4.78 is 5.19. The molecule has 0 fully saturated rings. The standard InChI is InChI=1S/C15H18N2O4/c1-2-10(7-8-18)16-14(19)11-5-6-12(17-15(11)20)13-4-3-9-21-13/h3-6,9-10,18H,2,7-8H2,1H3,(H,16,19)(H,17,20). The number of H-pyrrole nitrogens is 1. The average Bonchev–Trinajstić information content (AvgIpc) is 3.00. The molecule has 0 saturated heterocycles. The first-order valence-corrected chi connectivity index (χ1v) is 6.84. The van der Waals surface area contributed by atoms with Crippen LogP contribution in [0.3, 0.4) is 0 Å². The van der Waals surface area contributed by atoms with E-state index < -0.39 is 11.5 Å². The third kappa shape index (κ3) is 3.61. The second-order valence-electron chi connectivity index (χ2n) is 4.68. The van der Waals surface area contributed by atoms with Crippen LogP contribution in [0.4, 0.5) is 0 Å². The first-order valence-electron chi connectivity index (χ1n) is 6.84. The van der Waals surface area contributed by atoms with E-state index in [2.05, 4.69) is 10.3 Å². The Kier molecular flexibility index (Phi) is 4.94. The van der Waals surface area contributed by atoms with Gasteiger partial charge in [0, 0.05) is 12.6 Å². The highest BCUT2D eigenvalue weighted by molar-refractivity contribution is 5.94. The van der Waals surface area contributed by atoms with Gasteiger partial charge in [0.2, 0.25) is 0 Å². The van der Waals surface area contributed by atoms with E-state index in [0.717, 1.165) is 0 Å². The maximum atomic E-state index is 12.1. The van der Waals surface area contributed by atoms with E-state index in [9.17, 15) is 9.59 Å². The smallest absolute Gasteiger partial charge is 0.261 e. The number of hydrogen-bond acceptors (Lipinski definition) is 4. The largest absolute Gasteiger partial charge is 0.463 e. The molecule has 0 spiro atoms. The minimum absolute atomic E-state index is 0.00737. The first-order chi connectivity index (χ1) is 10.2. The third-order valence-electron chi connectivity index (χ3n) is 3.25. The topological polar surface area (TPSA) is 95.3 Å². The molecule has 0 aliphatic rings. The molecule has 6 heteroatoms. The van der Waals surface area contributed by atoms with E-state index in [1.807, 2.05) is 6.92 Å². The second-order valence-corrected chi connectivity index (χ2v) is 4.68. The number of pyridine rings is 1. The Labute approximate surface area is 121 Å². The van der Waals surface area contributed by atoms with Gasteiger partial charge in [-0.1, -0.05) is 6.92 Å². The van der Waals surface area contributed by atoms with Gasteiger partial charge in [0.15, 0.2) is 0 Å². The van der Waals surface area contributed by atoms with Crippen LogP contribution < -0.4 is 10.9 Å². The first kappa shape index (κ1) is 15.1. The van der Waals surface area contributed by atoms with Crippen LogP contribution in [0.25, 0.3) is 11.5 Å². The Morgan fingerprint density at radius 3 is 2.81 bits per heavy atom. The highest BCUT2D eigenvalue weighted by Crippen LogP contribution is 2.15. The second kappa shape index (κ2) is 6.90. The van der Waals surface area contributed by atoms with Crippen molar-refractivity contribution < 1.29 is 14.3 Å². The maximum Gasteiger partial charge on any atom is 0.261 e. The van der Waals surface area contributed by atoms with Crippen LogP contribution in [0.2, 0.25) is 0 Å². The number of aliphatic hydroxyl groups is 1. The van der Waals surface area contributed by atoms with Crippen molar-refractivity contribution in [2.45, 2.75) is 25.8 Å². The molecule has 2 rings (SSSR count). The van der Waals surface area contributed by atoms with Crippen molar-refractivity contribution in [2.75, 3.05) is 6.61 Å². The lowest BCUT2D eigenvalue weighted by atomic mass is 10.1. The van der Waals surface area contributed by atoms with Crippen LogP contribution in [0.1, 0.15) is 30.1 Å². The summed E-state index contributed by atoms with van der Waals surface area (Å²) in [5.74, 6) is 0.0910. The van der Waals surface area contributed by atoms with Gasteiger partial charge in [0.05, 0.1) is 12.0 Å². The molecule has 0 aliphatic heterocycles. The molecule has 0 saturated carbocycles. The van der Waals surface area contributed by atoms with Crippen LogP contribution in [-0.4, -0.2) is 28.6 Å². The molecule has 0 radical (unpaired) electrons. The zero-order valence-electron chi connectivity index (χ0n) is 11.8. The minimum Gasteiger partial charge on any atom is -0.463 e. The zero-order valence-corrected chi connectivity index (χ0v) is 11.8. The zero-order chi connectivity index (χ0) is 15.2. The lowest BCUT2D eigenvalue weighted by Crippen LogP contribution is -2.37. The van der Waals surface area contributed by atoms with Crippen molar-refractivity contribution in [1.29, 1.82) is 0 Å². The molecule has 0 aliphatic carbocycles. The molecule has 2 aromatic rings. The summed E-state index contributed by atoms with van der Waals surface area (Å²) >= 11 is 0. The minimum atomic E-state index is -0.472. The number of aromatic nitrogens is 1. The summed E-state index contributed by atoms with van der Waals surface area (Å²) in [4.78, 5) is 26.7. The summed E-state index contributed by atoms with van der Waals surface area (Å²) in [5, 5.41) is 11.7. The van der Waals surface area contributed by atoms with Gasteiger partial charge in [-0.2, -0.15) is 0 Å². The highest BCUT2D eigenvalue weighted by Gasteiger charge is 2.15. The van der Waals surface area contributed by atoms with Gasteiger partial charge in [-0.25, -0.2) is 0 Å². The van der Waals surface area contributed by atoms with Gasteiger partial charge in [-0.05, 0) is 37.1 Å². The Morgan fingerprint density at radius 2 is 2.24 bits per heavy atom. The molecule has 6 nitrogen and oxygen atoms in total. The van der Waals surface area contributed by atoms with Crippen LogP contribution in [-0.2, 0) is 0 Å². The lowest BCUT2D eigenvalue weighted by Gasteiger charge is -2.15. The third-order valence-corrected chi connectivity index (χ3v) is 3.25. The molecule has 0 bridgehead atoms. The fourth-order valence-corrected chi connectivity index (χ4v) is 2.03. The summed E-state index contributed by atoms with van der Waals surface area (Å²) in [6, 6.07) is 6.39. The highest BCUT2D eigenvalue weighted by atomic mass is 16.3. The number of rotatable bonds is 6. The van der Waals surface area contributed by atoms with E-state index >= 15 is 0 Å². The molecule has 112 valence electrons. The number of hydrogen-bond donors (Lipinski definition) is 3. The maximum absolute atomic E-state index is 12.1. The number of aromatic amines is 1. The molecule has 3 N–H and O–H groups in total. The lowest BCUT2D eigenvalue weighted by molar-refractivity contribution is 0.0927. The SMILES string of the molecule is CCC(CCO)NC(=O)c1ccc(-c2ccco2)[nH]c1=O. The quantitative estimate of drug-likeness (QED) is 0.751. The normalized spacial score (nSPS) is 12.1. The van der Waals surface area contributed by atoms with Crippen molar-refractivity contribution in [3.63, 3.8) is 0 Å². The molecule has 1 atom stereocenters. The van der Waals surface area contributed by atoms with Crippen molar-refractivity contribution in [3.05, 3.63) is 46.4 Å². The summed E-state index contributed by atoms with van der Waals surface area (Å²) in [6.07, 6.45) is 2.66. The molecule has 0 aromatic carbocycles. The summed E-state index contributed by atoms with van der Waals surface area (Å²) in [7, 11) is 0. The van der Waals surface area contributed by atoms with E-state index in [0.29, 0.717) is 24.3 Å². The Morgan fingerprint density at radius 1 is 1.43 bits per heavy atom. The Hall–Kier alpha value is -2.34. The fourth-order valence-electron chi connectivity index (χ4n) is 2.03. The molecular weight excluding hydrogens is 272 g/mol. The van der Waals surface area contributed by atoms with Crippen molar-refractivity contribution in [2.24, 2.45) is 0 Å². The number of carbonyl (C=O) groups is 1. The molecule has 2 aromatic heterocycles. The van der Waals surface area contributed by atoms with Gasteiger partial charge >= 0.3 is 0 Å². The van der Waals surface area contributed by atoms with Crippen LogP contribution >= 0.6 is 0 Å². The fraction of sp³-hybridized carbons (Fsp3) is 0.333. The number of amides is 1. The van der Waals surface area contributed by atoms with Crippen molar-refractivity contribution >= 4 is 5.91 Å². The van der Waals surface area contributed by atoms with Crippen LogP contribution in [0, 0.1) is 0 Å².